The van der Waals surface area contributed by atoms with Crippen LogP contribution in [0.2, 0.25) is 0 Å². The van der Waals surface area contributed by atoms with Crippen molar-refractivity contribution in [3.63, 3.8) is 0 Å². The van der Waals surface area contributed by atoms with Crippen LogP contribution < -0.4 is 15.5 Å². The van der Waals surface area contributed by atoms with Crippen LogP contribution in [0, 0.1) is 0 Å². The molecule has 28 heavy (non-hydrogen) atoms. The molecule has 0 unspecified atom stereocenters. The third-order valence-electron chi connectivity index (χ3n) is 4.62. The lowest BCUT2D eigenvalue weighted by Crippen LogP contribution is -2.54. The molecule has 8 nitrogen and oxygen atoms in total. The van der Waals surface area contributed by atoms with E-state index in [1.807, 2.05) is 12.1 Å². The fourth-order valence-corrected chi connectivity index (χ4v) is 4.39. The van der Waals surface area contributed by atoms with Crippen molar-refractivity contribution in [3.05, 3.63) is 35.8 Å². The van der Waals surface area contributed by atoms with Gasteiger partial charge in [-0.3, -0.25) is 4.79 Å². The minimum Gasteiger partial charge on any atom is -0.352 e. The largest absolute Gasteiger partial charge is 0.352 e. The molecule has 4 rings (SSSR count). The van der Waals surface area contributed by atoms with Gasteiger partial charge in [-0.25, -0.2) is 9.78 Å². The highest BCUT2D eigenvalue weighted by molar-refractivity contribution is 7.14. The van der Waals surface area contributed by atoms with Crippen LogP contribution in [0.25, 0.3) is 10.1 Å². The van der Waals surface area contributed by atoms with Gasteiger partial charge in [-0.15, -0.1) is 11.3 Å². The summed E-state index contributed by atoms with van der Waals surface area (Å²) in [5.41, 5.74) is 0. The van der Waals surface area contributed by atoms with Crippen LogP contribution in [-0.2, 0) is 4.79 Å². The van der Waals surface area contributed by atoms with Gasteiger partial charge < -0.3 is 20.4 Å². The number of urea groups is 1. The van der Waals surface area contributed by atoms with Gasteiger partial charge in [0.2, 0.25) is 5.91 Å². The fraction of sp³-hybridized carbons (Fsp3) is 0.333. The lowest BCUT2D eigenvalue weighted by atomic mass is 10.2. The van der Waals surface area contributed by atoms with E-state index in [2.05, 4.69) is 37.0 Å². The first-order chi connectivity index (χ1) is 13.6. The summed E-state index contributed by atoms with van der Waals surface area (Å²) in [4.78, 5) is 32.6. The quantitative estimate of drug-likeness (QED) is 0.682. The van der Waals surface area contributed by atoms with E-state index >= 15 is 0 Å². The Morgan fingerprint density at radius 1 is 1.18 bits per heavy atom. The lowest BCUT2D eigenvalue weighted by Gasteiger charge is -2.35. The summed E-state index contributed by atoms with van der Waals surface area (Å²) < 4.78 is 5.75. The Morgan fingerprint density at radius 2 is 1.96 bits per heavy atom. The molecule has 0 spiro atoms. The van der Waals surface area contributed by atoms with Crippen molar-refractivity contribution in [2.24, 2.45) is 0 Å². The van der Waals surface area contributed by atoms with Gasteiger partial charge in [0.1, 0.15) is 11.9 Å². The predicted molar refractivity (Wildman–Crippen MR) is 112 cm³/mol. The summed E-state index contributed by atoms with van der Waals surface area (Å²) in [6.07, 6.45) is 1.62. The molecule has 1 saturated heterocycles. The average Bonchev–Trinajstić information content (AvgIpc) is 3.37. The van der Waals surface area contributed by atoms with E-state index in [9.17, 15) is 9.59 Å². The minimum atomic E-state index is -0.642. The first-order valence-electron chi connectivity index (χ1n) is 8.97. The molecule has 1 fully saturated rings. The highest BCUT2D eigenvalue weighted by Crippen LogP contribution is 2.29. The van der Waals surface area contributed by atoms with Crippen LogP contribution >= 0.6 is 22.9 Å². The Morgan fingerprint density at radius 3 is 2.71 bits per heavy atom. The van der Waals surface area contributed by atoms with Crippen molar-refractivity contribution < 1.29 is 9.59 Å². The zero-order chi connectivity index (χ0) is 19.5. The number of hydrogen-bond donors (Lipinski definition) is 2. The lowest BCUT2D eigenvalue weighted by molar-refractivity contribution is -0.117. The Balaban J connectivity index is 1.30. The van der Waals surface area contributed by atoms with E-state index < -0.39 is 6.04 Å². The minimum absolute atomic E-state index is 0.232. The van der Waals surface area contributed by atoms with Crippen LogP contribution in [0.1, 0.15) is 6.92 Å². The number of carbonyl (C=O) groups excluding carboxylic acids is 2. The van der Waals surface area contributed by atoms with Gasteiger partial charge >= 0.3 is 6.03 Å². The van der Waals surface area contributed by atoms with Gasteiger partial charge in [0, 0.05) is 43.1 Å². The maximum Gasteiger partial charge on any atom is 0.318 e. The maximum absolute atomic E-state index is 12.5. The molecule has 1 atom stereocenters. The zero-order valence-corrected chi connectivity index (χ0v) is 16.9. The summed E-state index contributed by atoms with van der Waals surface area (Å²) in [5.74, 6) is 0.702. The Hall–Kier alpha value is -2.72. The molecule has 1 aliphatic rings. The normalized spacial score (nSPS) is 15.5. The molecular weight excluding hydrogens is 396 g/mol. The molecule has 3 heterocycles. The van der Waals surface area contributed by atoms with E-state index in [1.54, 1.807) is 23.4 Å². The number of aromatic nitrogens is 2. The highest BCUT2D eigenvalue weighted by atomic mass is 32.1. The summed E-state index contributed by atoms with van der Waals surface area (Å²) in [7, 11) is 0. The van der Waals surface area contributed by atoms with Crippen LogP contribution in [0.3, 0.4) is 0 Å². The number of rotatable bonds is 4. The van der Waals surface area contributed by atoms with Crippen LogP contribution in [0.15, 0.2) is 35.8 Å². The first kappa shape index (κ1) is 18.6. The van der Waals surface area contributed by atoms with E-state index in [-0.39, 0.29) is 11.9 Å². The summed E-state index contributed by atoms with van der Waals surface area (Å²) in [6, 6.07) is 7.30. The van der Waals surface area contributed by atoms with Crippen LogP contribution in [0.4, 0.5) is 15.7 Å². The SMILES string of the molecule is C[C@@H](NC(=O)N1CCN(c2nsc3ccccc23)CC1)C(=O)Nc1nccs1. The molecule has 0 bridgehead atoms. The smallest absolute Gasteiger partial charge is 0.318 e. The van der Waals surface area contributed by atoms with Gasteiger partial charge in [0.25, 0.3) is 0 Å². The summed E-state index contributed by atoms with van der Waals surface area (Å²) in [6.45, 7) is 4.25. The van der Waals surface area contributed by atoms with Crippen molar-refractivity contribution in [2.75, 3.05) is 36.4 Å². The maximum atomic E-state index is 12.5. The number of thiazole rings is 1. The van der Waals surface area contributed by atoms with Crippen molar-refractivity contribution in [1.82, 2.24) is 19.6 Å². The monoisotopic (exact) mass is 416 g/mol. The van der Waals surface area contributed by atoms with E-state index in [4.69, 9.17) is 0 Å². The zero-order valence-electron chi connectivity index (χ0n) is 15.3. The van der Waals surface area contributed by atoms with Gasteiger partial charge in [-0.05, 0) is 30.6 Å². The topological polar surface area (TPSA) is 90.5 Å². The van der Waals surface area contributed by atoms with Gasteiger partial charge in [-0.2, -0.15) is 4.37 Å². The average molecular weight is 417 g/mol. The molecule has 146 valence electrons. The second-order valence-corrected chi connectivity index (χ2v) is 8.17. The van der Waals surface area contributed by atoms with Crippen molar-refractivity contribution in [3.8, 4) is 0 Å². The summed E-state index contributed by atoms with van der Waals surface area (Å²) >= 11 is 2.83. The molecular formula is C18H20N6O2S2. The number of hydrogen-bond acceptors (Lipinski definition) is 7. The predicted octanol–water partition coefficient (Wildman–Crippen LogP) is 2.61. The first-order valence-corrected chi connectivity index (χ1v) is 10.6. The van der Waals surface area contributed by atoms with Crippen LogP contribution in [-0.4, -0.2) is 58.4 Å². The van der Waals surface area contributed by atoms with Crippen LogP contribution in [0.5, 0.6) is 0 Å². The third kappa shape index (κ3) is 3.92. The molecule has 3 amide bonds. The molecule has 10 heteroatoms. The second kappa shape index (κ2) is 8.11. The molecule has 1 aliphatic heterocycles. The van der Waals surface area contributed by atoms with Crippen molar-refractivity contribution in [1.29, 1.82) is 0 Å². The molecule has 2 aromatic heterocycles. The molecule has 1 aromatic carbocycles. The number of anilines is 2. The molecule has 2 N–H and O–H groups in total. The number of nitrogens with one attached hydrogen (secondary N) is 2. The molecule has 0 radical (unpaired) electrons. The Bertz CT molecular complexity index is 966. The van der Waals surface area contributed by atoms with Gasteiger partial charge in [-0.1, -0.05) is 12.1 Å². The number of fused-ring (bicyclic) bond motifs is 1. The molecule has 3 aromatic rings. The Labute approximate surface area is 170 Å². The highest BCUT2D eigenvalue weighted by Gasteiger charge is 2.25. The van der Waals surface area contributed by atoms with Gasteiger partial charge in [0.15, 0.2) is 5.13 Å². The number of carbonyl (C=O) groups is 2. The number of amides is 3. The molecule has 0 saturated carbocycles. The summed E-state index contributed by atoms with van der Waals surface area (Å²) in [5, 5.41) is 8.91. The van der Waals surface area contributed by atoms with E-state index in [0.717, 1.165) is 15.9 Å². The fourth-order valence-electron chi connectivity index (χ4n) is 3.06. The number of piperazine rings is 1. The van der Waals surface area contributed by atoms with Crippen molar-refractivity contribution >= 4 is 55.8 Å². The Kier molecular flexibility index (Phi) is 5.40. The van der Waals surface area contributed by atoms with E-state index in [0.29, 0.717) is 31.3 Å². The molecule has 0 aliphatic carbocycles. The van der Waals surface area contributed by atoms with E-state index in [1.165, 1.54) is 22.9 Å². The number of benzene rings is 1. The van der Waals surface area contributed by atoms with Crippen molar-refractivity contribution in [2.45, 2.75) is 13.0 Å². The number of nitrogens with zero attached hydrogens (tertiary/aromatic N) is 4. The standard InChI is InChI=1S/C18H20N6O2S2/c1-12(16(25)21-17-19-6-11-27-17)20-18(26)24-9-7-23(8-10-24)15-13-4-2-3-5-14(13)28-22-15/h2-6,11-12H,7-10H2,1H3,(H,20,26)(H,19,21,25)/t12-/m1/s1. The second-order valence-electron chi connectivity index (χ2n) is 6.47. The van der Waals surface area contributed by atoms with Gasteiger partial charge in [0.05, 0.1) is 4.70 Å². The third-order valence-corrected chi connectivity index (χ3v) is 6.13.